The SMILES string of the molecule is CCN(CC)S(=O)(=O)c1ccc(SC(=S)N2CCCC2)c([N+](=O)[O-])c1. The van der Waals surface area contributed by atoms with E-state index < -0.39 is 14.9 Å². The van der Waals surface area contributed by atoms with E-state index in [0.29, 0.717) is 22.3 Å². The molecule has 7 nitrogen and oxygen atoms in total. The molecule has 0 atom stereocenters. The molecule has 1 aromatic carbocycles. The highest BCUT2D eigenvalue weighted by atomic mass is 32.2. The summed E-state index contributed by atoms with van der Waals surface area (Å²) in [6.45, 7) is 5.79. The highest BCUT2D eigenvalue weighted by Crippen LogP contribution is 2.34. The highest BCUT2D eigenvalue weighted by molar-refractivity contribution is 8.23. The zero-order chi connectivity index (χ0) is 18.6. The predicted octanol–water partition coefficient (Wildman–Crippen LogP) is 3.10. The summed E-state index contributed by atoms with van der Waals surface area (Å²) in [5.41, 5.74) is -0.236. The Morgan fingerprint density at radius 3 is 2.44 bits per heavy atom. The molecule has 0 radical (unpaired) electrons. The Balaban J connectivity index is 2.34. The van der Waals surface area contributed by atoms with Crippen LogP contribution in [0, 0.1) is 10.1 Å². The first kappa shape index (κ1) is 20.1. The van der Waals surface area contributed by atoms with E-state index in [-0.39, 0.29) is 10.6 Å². The Morgan fingerprint density at radius 1 is 1.32 bits per heavy atom. The fraction of sp³-hybridized carbons (Fsp3) is 0.533. The number of hydrogen-bond acceptors (Lipinski definition) is 6. The first-order valence-corrected chi connectivity index (χ1v) is 10.7. The maximum atomic E-state index is 12.6. The molecule has 25 heavy (non-hydrogen) atoms. The van der Waals surface area contributed by atoms with E-state index in [9.17, 15) is 18.5 Å². The Morgan fingerprint density at radius 2 is 1.92 bits per heavy atom. The number of sulfonamides is 1. The molecular weight excluding hydrogens is 382 g/mol. The number of benzene rings is 1. The summed E-state index contributed by atoms with van der Waals surface area (Å²) in [5.74, 6) is 0. The minimum absolute atomic E-state index is 0.0701. The number of nitro benzene ring substituents is 1. The van der Waals surface area contributed by atoms with Crippen LogP contribution in [0.25, 0.3) is 0 Å². The zero-order valence-electron chi connectivity index (χ0n) is 14.2. The molecular formula is C15H21N3O4S3. The van der Waals surface area contributed by atoms with Crippen LogP contribution in [0.5, 0.6) is 0 Å². The van der Waals surface area contributed by atoms with E-state index >= 15 is 0 Å². The van der Waals surface area contributed by atoms with Crippen molar-refractivity contribution >= 4 is 44.0 Å². The third-order valence-electron chi connectivity index (χ3n) is 4.03. The van der Waals surface area contributed by atoms with Gasteiger partial charge < -0.3 is 4.90 Å². The minimum atomic E-state index is -3.74. The van der Waals surface area contributed by atoms with Crippen LogP contribution in [0.2, 0.25) is 0 Å². The molecule has 0 aromatic heterocycles. The summed E-state index contributed by atoms with van der Waals surface area (Å²) in [4.78, 5) is 13.2. The van der Waals surface area contributed by atoms with Crippen LogP contribution in [0.3, 0.4) is 0 Å². The Labute approximate surface area is 157 Å². The van der Waals surface area contributed by atoms with Crippen LogP contribution < -0.4 is 0 Å². The van der Waals surface area contributed by atoms with E-state index in [4.69, 9.17) is 12.2 Å². The van der Waals surface area contributed by atoms with E-state index in [1.54, 1.807) is 13.8 Å². The number of nitro groups is 1. The Kier molecular flexibility index (Phi) is 6.78. The molecule has 0 aliphatic carbocycles. The van der Waals surface area contributed by atoms with Gasteiger partial charge in [0.15, 0.2) is 0 Å². The lowest BCUT2D eigenvalue weighted by Crippen LogP contribution is -2.30. The topological polar surface area (TPSA) is 83.8 Å². The van der Waals surface area contributed by atoms with Crippen molar-refractivity contribution < 1.29 is 13.3 Å². The van der Waals surface area contributed by atoms with Crippen molar-refractivity contribution in [2.24, 2.45) is 0 Å². The van der Waals surface area contributed by atoms with E-state index in [1.807, 2.05) is 4.90 Å². The van der Waals surface area contributed by atoms with Gasteiger partial charge >= 0.3 is 0 Å². The normalized spacial score (nSPS) is 14.9. The van der Waals surface area contributed by atoms with Crippen molar-refractivity contribution in [3.63, 3.8) is 0 Å². The van der Waals surface area contributed by atoms with Crippen molar-refractivity contribution in [3.05, 3.63) is 28.3 Å². The van der Waals surface area contributed by atoms with Gasteiger partial charge in [-0.15, -0.1) is 0 Å². The number of rotatable bonds is 6. The van der Waals surface area contributed by atoms with Gasteiger partial charge in [-0.25, -0.2) is 8.42 Å². The molecule has 0 saturated carbocycles. The molecule has 1 aromatic rings. The smallest absolute Gasteiger partial charge is 0.284 e. The molecule has 0 unspecified atom stereocenters. The first-order valence-electron chi connectivity index (χ1n) is 8.06. The fourth-order valence-corrected chi connectivity index (χ4v) is 5.46. The van der Waals surface area contributed by atoms with Gasteiger partial charge in [0.25, 0.3) is 5.69 Å². The lowest BCUT2D eigenvalue weighted by Gasteiger charge is -2.19. The first-order chi connectivity index (χ1) is 11.8. The van der Waals surface area contributed by atoms with Crippen molar-refractivity contribution in [1.29, 1.82) is 0 Å². The summed E-state index contributed by atoms with van der Waals surface area (Å²) in [6, 6.07) is 4.01. The van der Waals surface area contributed by atoms with Crippen LogP contribution in [0.15, 0.2) is 28.0 Å². The molecule has 1 heterocycles. The molecule has 10 heteroatoms. The molecule has 0 spiro atoms. The van der Waals surface area contributed by atoms with Gasteiger partial charge in [0, 0.05) is 32.2 Å². The number of likely N-dealkylation sites (tertiary alicyclic amines) is 1. The molecule has 138 valence electrons. The highest BCUT2D eigenvalue weighted by Gasteiger charge is 2.27. The van der Waals surface area contributed by atoms with Gasteiger partial charge in [-0.05, 0) is 25.0 Å². The second kappa shape index (κ2) is 8.43. The molecule has 1 aliphatic heterocycles. The summed E-state index contributed by atoms with van der Waals surface area (Å²) < 4.78 is 27.0. The Bertz CT molecular complexity index is 757. The zero-order valence-corrected chi connectivity index (χ0v) is 16.6. The van der Waals surface area contributed by atoms with Gasteiger partial charge in [0.2, 0.25) is 10.0 Å². The second-order valence-electron chi connectivity index (χ2n) is 5.54. The van der Waals surface area contributed by atoms with Gasteiger partial charge in [0.1, 0.15) is 4.32 Å². The second-order valence-corrected chi connectivity index (χ2v) is 9.15. The summed E-state index contributed by atoms with van der Waals surface area (Å²) in [5, 5.41) is 11.4. The van der Waals surface area contributed by atoms with Crippen molar-refractivity contribution in [3.8, 4) is 0 Å². The molecule has 1 saturated heterocycles. The third kappa shape index (κ3) is 4.49. The standard InChI is InChI=1S/C15H21N3O4S3/c1-3-17(4-2)25(21,22)12-7-8-14(13(11-12)18(19)20)24-15(23)16-9-5-6-10-16/h7-8,11H,3-6,9-10H2,1-2H3. The van der Waals surface area contributed by atoms with Gasteiger partial charge in [-0.2, -0.15) is 4.31 Å². The lowest BCUT2D eigenvalue weighted by atomic mass is 10.3. The maximum Gasteiger partial charge on any atom is 0.284 e. The lowest BCUT2D eigenvalue weighted by molar-refractivity contribution is -0.387. The quantitative estimate of drug-likeness (QED) is 0.312. The largest absolute Gasteiger partial charge is 0.357 e. The van der Waals surface area contributed by atoms with Gasteiger partial charge in [-0.3, -0.25) is 10.1 Å². The summed E-state index contributed by atoms with van der Waals surface area (Å²) in [6.07, 6.45) is 2.12. The van der Waals surface area contributed by atoms with E-state index in [1.165, 1.54) is 16.4 Å². The monoisotopic (exact) mass is 403 g/mol. The number of thiocarbonyl (C=S) groups is 1. The van der Waals surface area contributed by atoms with Crippen molar-refractivity contribution in [2.45, 2.75) is 36.5 Å². The maximum absolute atomic E-state index is 12.6. The summed E-state index contributed by atoms with van der Waals surface area (Å²) >= 11 is 6.51. The molecule has 0 N–H and O–H groups in total. The van der Waals surface area contributed by atoms with Crippen LogP contribution in [-0.4, -0.2) is 53.0 Å². The van der Waals surface area contributed by atoms with Crippen LogP contribution >= 0.6 is 24.0 Å². The predicted molar refractivity (Wildman–Crippen MR) is 102 cm³/mol. The average Bonchev–Trinajstić information content (AvgIpc) is 3.10. The molecule has 1 aliphatic rings. The number of thioether (sulfide) groups is 1. The van der Waals surface area contributed by atoms with Crippen molar-refractivity contribution in [2.75, 3.05) is 26.2 Å². The van der Waals surface area contributed by atoms with Crippen molar-refractivity contribution in [1.82, 2.24) is 9.21 Å². The fourth-order valence-electron chi connectivity index (χ4n) is 2.66. The molecule has 0 bridgehead atoms. The van der Waals surface area contributed by atoms with Gasteiger partial charge in [-0.1, -0.05) is 37.8 Å². The Hall–Kier alpha value is -1.23. The van der Waals surface area contributed by atoms with Gasteiger partial charge in [0.05, 0.1) is 14.7 Å². The summed E-state index contributed by atoms with van der Waals surface area (Å²) in [7, 11) is -3.74. The average molecular weight is 404 g/mol. The molecule has 1 fully saturated rings. The number of nitrogens with zero attached hydrogens (tertiary/aromatic N) is 3. The third-order valence-corrected chi connectivity index (χ3v) is 7.58. The molecule has 0 amide bonds. The van der Waals surface area contributed by atoms with Crippen LogP contribution in [0.1, 0.15) is 26.7 Å². The minimum Gasteiger partial charge on any atom is -0.357 e. The number of hydrogen-bond donors (Lipinski definition) is 0. The van der Waals surface area contributed by atoms with E-state index in [0.717, 1.165) is 43.8 Å². The van der Waals surface area contributed by atoms with E-state index in [2.05, 4.69) is 0 Å². The van der Waals surface area contributed by atoms with Crippen LogP contribution in [0.4, 0.5) is 5.69 Å². The van der Waals surface area contributed by atoms with Crippen LogP contribution in [-0.2, 0) is 10.0 Å². The molecule has 2 rings (SSSR count).